The lowest BCUT2D eigenvalue weighted by Crippen LogP contribution is -2.17. The quantitative estimate of drug-likeness (QED) is 0.545. The fraction of sp³-hybridized carbons (Fsp3) is 0.176. The van der Waals surface area contributed by atoms with Crippen LogP contribution in [0.5, 0.6) is 11.6 Å². The lowest BCUT2D eigenvalue weighted by molar-refractivity contribution is -0.142. The number of alkyl halides is 3. The Morgan fingerprint density at radius 3 is 2.63 bits per heavy atom. The highest BCUT2D eigenvalue weighted by Crippen LogP contribution is 2.36. The van der Waals surface area contributed by atoms with Gasteiger partial charge in [-0.25, -0.2) is 4.98 Å². The summed E-state index contributed by atoms with van der Waals surface area (Å²) in [4.78, 5) is 5.27. The third kappa shape index (κ3) is 3.23. The van der Waals surface area contributed by atoms with Crippen molar-refractivity contribution >= 4 is 22.2 Å². The number of aryl methyl sites for hydroxylation is 1. The van der Waals surface area contributed by atoms with Gasteiger partial charge < -0.3 is 10.2 Å². The predicted octanol–water partition coefficient (Wildman–Crippen LogP) is 4.23. The highest BCUT2D eigenvalue weighted by atomic mass is 32.1. The summed E-state index contributed by atoms with van der Waals surface area (Å²) in [5.74, 6) is 0.0224. The van der Waals surface area contributed by atoms with Gasteiger partial charge >= 0.3 is 6.18 Å². The van der Waals surface area contributed by atoms with Crippen LogP contribution in [0.1, 0.15) is 5.56 Å². The summed E-state index contributed by atoms with van der Waals surface area (Å²) < 4.78 is 39.7. The molecule has 2 N–H and O–H groups in total. The fourth-order valence-corrected chi connectivity index (χ4v) is 3.65. The molecule has 0 atom stereocenters. The average Bonchev–Trinajstić information content (AvgIpc) is 3.25. The number of fused-ring (bicyclic) bond motifs is 1. The van der Waals surface area contributed by atoms with Crippen LogP contribution in [-0.4, -0.2) is 35.7 Å². The minimum Gasteiger partial charge on any atom is -0.507 e. The zero-order valence-electron chi connectivity index (χ0n) is 13.9. The first-order valence-electron chi connectivity index (χ1n) is 7.80. The number of thiophene rings is 1. The molecule has 4 aromatic rings. The molecule has 10 heteroatoms. The molecule has 0 unspecified atom stereocenters. The molecule has 4 rings (SSSR count). The molecule has 4 aromatic heterocycles. The van der Waals surface area contributed by atoms with Gasteiger partial charge in [0, 0.05) is 23.8 Å². The van der Waals surface area contributed by atoms with Gasteiger partial charge in [0.05, 0.1) is 33.4 Å². The van der Waals surface area contributed by atoms with Gasteiger partial charge in [0.2, 0.25) is 5.88 Å². The summed E-state index contributed by atoms with van der Waals surface area (Å²) in [6.07, 6.45) is -0.382. The van der Waals surface area contributed by atoms with Crippen molar-refractivity contribution in [1.29, 1.82) is 0 Å². The van der Waals surface area contributed by atoms with E-state index in [1.165, 1.54) is 28.3 Å². The van der Waals surface area contributed by atoms with Crippen molar-refractivity contribution in [2.45, 2.75) is 19.6 Å². The molecule has 0 aliphatic heterocycles. The van der Waals surface area contributed by atoms with Gasteiger partial charge in [0.15, 0.2) is 0 Å². The molecule has 0 aromatic carbocycles. The van der Waals surface area contributed by atoms with Crippen LogP contribution in [0.3, 0.4) is 0 Å². The Kier molecular flexibility index (Phi) is 3.88. The van der Waals surface area contributed by atoms with E-state index < -0.39 is 12.7 Å². The zero-order valence-corrected chi connectivity index (χ0v) is 14.7. The molecule has 0 fully saturated rings. The molecule has 140 valence electrons. The van der Waals surface area contributed by atoms with E-state index in [0.29, 0.717) is 22.3 Å². The fourth-order valence-electron chi connectivity index (χ4n) is 2.92. The van der Waals surface area contributed by atoms with Crippen molar-refractivity contribution in [3.05, 3.63) is 41.7 Å². The van der Waals surface area contributed by atoms with E-state index in [0.717, 1.165) is 15.1 Å². The second-order valence-electron chi connectivity index (χ2n) is 6.09. The maximum atomic E-state index is 12.5. The molecule has 27 heavy (non-hydrogen) atoms. The van der Waals surface area contributed by atoms with Crippen LogP contribution in [0.15, 0.2) is 36.1 Å². The van der Waals surface area contributed by atoms with Crippen molar-refractivity contribution in [2.75, 3.05) is 0 Å². The maximum Gasteiger partial charge on any atom is 0.408 e. The molecular weight excluding hydrogens is 381 g/mol. The molecule has 0 aliphatic rings. The first-order chi connectivity index (χ1) is 12.7. The van der Waals surface area contributed by atoms with Crippen molar-refractivity contribution in [1.82, 2.24) is 19.3 Å². The SMILES string of the molecule is Cc1cc(-c2cc(O)cs2)nc2cn(-c3cnn(CC(F)(F)F)c3)c(O)c12. The molecule has 6 nitrogen and oxygen atoms in total. The number of rotatable bonds is 3. The predicted molar refractivity (Wildman–Crippen MR) is 94.3 cm³/mol. The van der Waals surface area contributed by atoms with Gasteiger partial charge in [-0.2, -0.15) is 18.3 Å². The minimum atomic E-state index is -4.38. The van der Waals surface area contributed by atoms with E-state index in [2.05, 4.69) is 10.1 Å². The minimum absolute atomic E-state index is 0.123. The number of aromatic hydroxyl groups is 2. The maximum absolute atomic E-state index is 12.5. The third-order valence-corrected chi connectivity index (χ3v) is 4.97. The Morgan fingerprint density at radius 2 is 1.96 bits per heavy atom. The lowest BCUT2D eigenvalue weighted by atomic mass is 10.1. The standard InChI is InChI=1S/C17H13F3N4O2S/c1-9-2-12(14-3-11(25)7-27-14)22-13-6-24(16(26)15(9)13)10-4-21-23(5-10)8-17(18,19)20/h2-7,25-26H,8H2,1H3. The first-order valence-corrected chi connectivity index (χ1v) is 8.68. The van der Waals surface area contributed by atoms with Crippen molar-refractivity contribution < 1.29 is 23.4 Å². The van der Waals surface area contributed by atoms with E-state index >= 15 is 0 Å². The van der Waals surface area contributed by atoms with Crippen molar-refractivity contribution in [2.24, 2.45) is 0 Å². The summed E-state index contributed by atoms with van der Waals surface area (Å²) in [5, 5.41) is 25.9. The molecule has 0 spiro atoms. The molecule has 0 amide bonds. The monoisotopic (exact) mass is 394 g/mol. The molecule has 0 radical (unpaired) electrons. The van der Waals surface area contributed by atoms with E-state index in [9.17, 15) is 23.4 Å². The summed E-state index contributed by atoms with van der Waals surface area (Å²) in [6, 6.07) is 3.38. The van der Waals surface area contributed by atoms with Crippen LogP contribution in [0.4, 0.5) is 13.2 Å². The number of pyridine rings is 1. The Bertz CT molecular complexity index is 1140. The largest absolute Gasteiger partial charge is 0.507 e. The summed E-state index contributed by atoms with van der Waals surface area (Å²) in [5.41, 5.74) is 2.17. The molecule has 0 saturated carbocycles. The molecule has 0 bridgehead atoms. The van der Waals surface area contributed by atoms with Crippen LogP contribution in [0.25, 0.3) is 27.2 Å². The average molecular weight is 394 g/mol. The van der Waals surface area contributed by atoms with Crippen molar-refractivity contribution in [3.63, 3.8) is 0 Å². The van der Waals surface area contributed by atoms with Gasteiger partial charge in [0.1, 0.15) is 12.3 Å². The molecule has 4 heterocycles. The number of hydrogen-bond acceptors (Lipinski definition) is 5. The van der Waals surface area contributed by atoms with Crippen LogP contribution >= 0.6 is 11.3 Å². The Labute approximate surface area is 154 Å². The summed E-state index contributed by atoms with van der Waals surface area (Å²) in [7, 11) is 0. The van der Waals surface area contributed by atoms with Crippen LogP contribution in [0, 0.1) is 6.92 Å². The molecular formula is C17H13F3N4O2S. The van der Waals surface area contributed by atoms with Gasteiger partial charge in [-0.1, -0.05) is 0 Å². The summed E-state index contributed by atoms with van der Waals surface area (Å²) in [6.45, 7) is 0.593. The number of aromatic nitrogens is 4. The van der Waals surface area contributed by atoms with E-state index in [-0.39, 0.29) is 11.6 Å². The number of halogens is 3. The molecule has 0 aliphatic carbocycles. The van der Waals surface area contributed by atoms with E-state index in [1.807, 2.05) is 0 Å². The Hall–Kier alpha value is -3.01. The second-order valence-corrected chi connectivity index (χ2v) is 7.00. The van der Waals surface area contributed by atoms with E-state index in [1.54, 1.807) is 30.6 Å². The topological polar surface area (TPSA) is 76.1 Å². The Balaban J connectivity index is 1.79. The highest BCUT2D eigenvalue weighted by Gasteiger charge is 2.28. The van der Waals surface area contributed by atoms with Crippen LogP contribution in [-0.2, 0) is 6.54 Å². The van der Waals surface area contributed by atoms with Gasteiger partial charge in [0.25, 0.3) is 0 Å². The third-order valence-electron chi connectivity index (χ3n) is 4.02. The second kappa shape index (κ2) is 6.02. The summed E-state index contributed by atoms with van der Waals surface area (Å²) >= 11 is 1.33. The lowest BCUT2D eigenvalue weighted by Gasteiger charge is -2.05. The van der Waals surface area contributed by atoms with Gasteiger partial charge in [-0.3, -0.25) is 9.25 Å². The van der Waals surface area contributed by atoms with Gasteiger partial charge in [-0.15, -0.1) is 11.3 Å². The van der Waals surface area contributed by atoms with Gasteiger partial charge in [-0.05, 0) is 18.6 Å². The van der Waals surface area contributed by atoms with E-state index in [4.69, 9.17) is 0 Å². The number of hydrogen-bond donors (Lipinski definition) is 2. The molecule has 0 saturated heterocycles. The van der Waals surface area contributed by atoms with Crippen LogP contribution < -0.4 is 0 Å². The zero-order chi connectivity index (χ0) is 19.3. The Morgan fingerprint density at radius 1 is 1.19 bits per heavy atom. The highest BCUT2D eigenvalue weighted by molar-refractivity contribution is 7.13. The number of nitrogens with zero attached hydrogens (tertiary/aromatic N) is 4. The van der Waals surface area contributed by atoms with Crippen molar-refractivity contribution in [3.8, 4) is 27.9 Å². The normalized spacial score (nSPS) is 12.1. The van der Waals surface area contributed by atoms with Crippen LogP contribution in [0.2, 0.25) is 0 Å². The first kappa shape index (κ1) is 17.4. The smallest absolute Gasteiger partial charge is 0.408 e.